The molecule has 0 amide bonds. The Bertz CT molecular complexity index is 3100. The maximum Gasteiger partial charge on any atom is 2.00 e. The van der Waals surface area contributed by atoms with E-state index < -0.39 is 0 Å². The predicted molar refractivity (Wildman–Crippen MR) is 260 cm³/mol. The Hall–Kier alpha value is -4.15. The first-order valence-electron chi connectivity index (χ1n) is 21.3. The maximum absolute atomic E-state index is 4.90. The molecule has 326 valence electrons. The molecule has 9 aromatic rings. The van der Waals surface area contributed by atoms with Crippen molar-refractivity contribution < 1.29 is 42.1 Å². The van der Waals surface area contributed by atoms with E-state index in [2.05, 4.69) is 125 Å². The van der Waals surface area contributed by atoms with E-state index in [4.69, 9.17) is 20.4 Å². The quantitative estimate of drug-likeness (QED) is 0.138. The van der Waals surface area contributed by atoms with Gasteiger partial charge in [-0.15, -0.1) is 43.8 Å². The normalized spacial score (nSPS) is 13.5. The van der Waals surface area contributed by atoms with E-state index >= 15 is 0 Å². The molecule has 8 nitrogen and oxygen atoms in total. The topological polar surface area (TPSA) is 71.3 Å². The second-order valence-corrected chi connectivity index (χ2v) is 21.5. The number of hydrogen-bond donors (Lipinski definition) is 0. The van der Waals surface area contributed by atoms with Gasteiger partial charge in [0, 0.05) is 42.4 Å². The van der Waals surface area contributed by atoms with Gasteiger partial charge in [0.25, 0.3) is 0 Å². The monoisotopic (exact) mass is 1290 g/mol. The van der Waals surface area contributed by atoms with Crippen molar-refractivity contribution in [3.05, 3.63) is 143 Å². The molecule has 8 heterocycles. The summed E-state index contributed by atoms with van der Waals surface area (Å²) in [6.07, 6.45) is 0. The molecule has 16 heteroatoms. The first-order chi connectivity index (χ1) is 30.9. The van der Waals surface area contributed by atoms with Crippen LogP contribution in [0.25, 0.3) is 22.7 Å². The number of hydrogen-bond acceptors (Lipinski definition) is 8. The number of aryl methyl sites for hydroxylation is 8. The summed E-state index contributed by atoms with van der Waals surface area (Å²) in [7, 11) is 0. The van der Waals surface area contributed by atoms with Crippen LogP contribution in [0, 0.1) is 79.7 Å². The Labute approximate surface area is 430 Å². The summed E-state index contributed by atoms with van der Waals surface area (Å²) in [5.74, 6) is 0. The van der Waals surface area contributed by atoms with Crippen molar-refractivity contribution in [1.29, 1.82) is 0 Å². The van der Waals surface area contributed by atoms with Gasteiger partial charge >= 0.3 is 42.1 Å². The molecule has 0 aliphatic carbocycles. The summed E-state index contributed by atoms with van der Waals surface area (Å²) in [4.78, 5) is 10.0. The molecular weight excluding hydrogens is 1250 g/mol. The SMILES string of the molecule is Cc1cc(C)n(-c2[c-]c3c(cc2)Sc2c4c5c(c6c2B3c2[c-]c(-n3nc(C)cc3C)ccc2S6)Sc2ccc(-n3nc(C)cc3C)[c-]c2B5c2[c-]c(-n3nc(C)cc3C)ccc2S4)n1.[Pt+2].[Pt+2]. The third kappa shape index (κ3) is 6.70. The van der Waals surface area contributed by atoms with Gasteiger partial charge in [-0.25, -0.2) is 0 Å². The number of nitrogens with zero attached hydrogens (tertiary/aromatic N) is 8. The minimum atomic E-state index is -0.115. The third-order valence-corrected chi connectivity index (χ3v) is 17.7. The van der Waals surface area contributed by atoms with Crippen molar-refractivity contribution >= 4 is 93.2 Å². The molecule has 13 rings (SSSR count). The first kappa shape index (κ1) is 44.4. The molecule has 0 bridgehead atoms. The summed E-state index contributed by atoms with van der Waals surface area (Å²) in [6.45, 7) is 16.4. The zero-order chi connectivity index (χ0) is 43.4. The van der Waals surface area contributed by atoms with Gasteiger partial charge in [0.15, 0.2) is 13.4 Å². The maximum atomic E-state index is 4.90. The summed E-state index contributed by atoms with van der Waals surface area (Å²) < 4.78 is 8.11. The molecule has 0 N–H and O–H groups in total. The van der Waals surface area contributed by atoms with Crippen LogP contribution in [0.2, 0.25) is 0 Å². The van der Waals surface area contributed by atoms with Gasteiger partial charge in [-0.1, -0.05) is 0 Å². The fraction of sp³-hybridized carbons (Fsp3) is 0.160. The van der Waals surface area contributed by atoms with Gasteiger partial charge < -0.3 is 0 Å². The average molecular weight is 1290 g/mol. The molecule has 0 fully saturated rings. The van der Waals surface area contributed by atoms with Gasteiger partial charge in [0.05, 0.1) is 22.8 Å². The molecule has 0 saturated carbocycles. The van der Waals surface area contributed by atoms with Crippen LogP contribution in [0.1, 0.15) is 45.6 Å². The van der Waals surface area contributed by atoms with E-state index in [-0.39, 0.29) is 55.6 Å². The largest absolute Gasteiger partial charge is 2.00 e. The van der Waals surface area contributed by atoms with Crippen molar-refractivity contribution in [2.45, 2.75) is 94.6 Å². The Morgan fingerprint density at radius 1 is 0.364 bits per heavy atom. The van der Waals surface area contributed by atoms with Crippen molar-refractivity contribution in [3.8, 4) is 22.7 Å². The standard InChI is InChI=1S/C50H36B2N8S4.2Pt/c1-25-17-29(5)57(53-25)33-9-13-41-37(21-33)51-38-22-34(58-30(6)18-26(2)54-58)10-14-42(38)62-48-45(51)47(61-41)49-46-50(48)64-44-16-12-36(60-32(8)20-28(4)56-60)24-40(44)52(46)39-23-35(11-15-43(39)63-49)59-31(7)19-27(3)55-59;;/h9-20H,1-8H3;;/q-4;2*+2. The van der Waals surface area contributed by atoms with Crippen LogP contribution in [-0.4, -0.2) is 52.5 Å². The van der Waals surface area contributed by atoms with E-state index in [9.17, 15) is 0 Å². The van der Waals surface area contributed by atoms with Crippen molar-refractivity contribution in [2.75, 3.05) is 0 Å². The Morgan fingerprint density at radius 3 is 0.788 bits per heavy atom. The van der Waals surface area contributed by atoms with Gasteiger partial charge in [-0.2, -0.15) is 138 Å². The van der Waals surface area contributed by atoms with Crippen LogP contribution < -0.4 is 32.8 Å². The Kier molecular flexibility index (Phi) is 10.9. The van der Waals surface area contributed by atoms with E-state index in [1.54, 1.807) is 0 Å². The number of fused-ring (bicyclic) bond motifs is 10. The van der Waals surface area contributed by atoms with Crippen LogP contribution in [0.15, 0.2) is 112 Å². The van der Waals surface area contributed by atoms with E-state index in [0.29, 0.717) is 0 Å². The molecular formula is C50H36B2N8Pt2S4. The molecule has 0 radical (unpaired) electrons. The molecule has 4 aliphatic rings. The van der Waals surface area contributed by atoms with Crippen molar-refractivity contribution in [2.24, 2.45) is 0 Å². The average Bonchev–Trinajstić information content (AvgIpc) is 4.03. The fourth-order valence-electron chi connectivity index (χ4n) is 10.1. The Morgan fingerprint density at radius 2 is 0.591 bits per heavy atom. The second-order valence-electron chi connectivity index (χ2n) is 17.3. The molecule has 4 aromatic heterocycles. The van der Waals surface area contributed by atoms with Gasteiger partial charge in [0.2, 0.25) is 0 Å². The smallest absolute Gasteiger partial charge is 0.263 e. The zero-order valence-corrected chi connectivity index (χ0v) is 44.7. The van der Waals surface area contributed by atoms with Crippen LogP contribution in [0.5, 0.6) is 0 Å². The molecule has 0 atom stereocenters. The van der Waals surface area contributed by atoms with Crippen molar-refractivity contribution in [3.63, 3.8) is 0 Å². The van der Waals surface area contributed by atoms with Gasteiger partial charge in [0.1, 0.15) is 0 Å². The number of rotatable bonds is 4. The van der Waals surface area contributed by atoms with Crippen LogP contribution in [0.4, 0.5) is 0 Å². The molecule has 0 unspecified atom stereocenters. The van der Waals surface area contributed by atoms with E-state index in [1.807, 2.05) is 93.5 Å². The van der Waals surface area contributed by atoms with Crippen LogP contribution in [-0.2, 0) is 42.1 Å². The van der Waals surface area contributed by atoms with Crippen molar-refractivity contribution in [1.82, 2.24) is 39.1 Å². The summed E-state index contributed by atoms with van der Waals surface area (Å²) >= 11 is 7.54. The van der Waals surface area contributed by atoms with Gasteiger partial charge in [-0.3, -0.25) is 18.7 Å². The molecule has 66 heavy (non-hydrogen) atoms. The molecule has 0 spiro atoms. The predicted octanol–water partition coefficient (Wildman–Crippen LogP) is 6.98. The minimum absolute atomic E-state index is 0. The summed E-state index contributed by atoms with van der Waals surface area (Å²) in [5.41, 5.74) is 19.4. The molecule has 5 aromatic carbocycles. The number of aromatic nitrogens is 8. The fourth-order valence-corrected chi connectivity index (χ4v) is 15.4. The Balaban J connectivity index is 0.00000241. The van der Waals surface area contributed by atoms with Crippen LogP contribution in [0.3, 0.4) is 0 Å². The van der Waals surface area contributed by atoms with Gasteiger partial charge in [-0.05, 0) is 113 Å². The summed E-state index contributed by atoms with van der Waals surface area (Å²) in [5, 5.41) is 19.6. The zero-order valence-electron chi connectivity index (χ0n) is 36.9. The van der Waals surface area contributed by atoms with E-state index in [1.165, 1.54) is 50.1 Å². The van der Waals surface area contributed by atoms with Crippen LogP contribution >= 0.6 is 47.0 Å². The second kappa shape index (κ2) is 16.2. The third-order valence-electron chi connectivity index (χ3n) is 12.6. The summed E-state index contributed by atoms with van der Waals surface area (Å²) in [6, 6.07) is 42.3. The molecule has 4 aliphatic heterocycles. The molecule has 0 saturated heterocycles. The minimum Gasteiger partial charge on any atom is -0.263 e. The first-order valence-corrected chi connectivity index (χ1v) is 24.6. The van der Waals surface area contributed by atoms with E-state index in [0.717, 1.165) is 90.2 Å². The number of benzene rings is 5.